The highest BCUT2D eigenvalue weighted by Gasteiger charge is 2.11. The van der Waals surface area contributed by atoms with E-state index in [0.717, 1.165) is 25.8 Å². The maximum absolute atomic E-state index is 11.8. The number of ether oxygens (including phenoxy) is 1. The van der Waals surface area contributed by atoms with Gasteiger partial charge >= 0.3 is 5.97 Å². The Morgan fingerprint density at radius 1 is 1.29 bits per heavy atom. The van der Waals surface area contributed by atoms with E-state index >= 15 is 0 Å². The zero-order valence-electron chi connectivity index (χ0n) is 12.4. The lowest BCUT2D eigenvalue weighted by atomic mass is 10.2. The molecule has 1 amide bonds. The first-order valence-corrected chi connectivity index (χ1v) is 7.34. The highest BCUT2D eigenvalue weighted by atomic mass is 35.5. The molecule has 0 radical (unpaired) electrons. The highest BCUT2D eigenvalue weighted by molar-refractivity contribution is 6.33. The summed E-state index contributed by atoms with van der Waals surface area (Å²) in [4.78, 5) is 23.2. The molecule has 0 saturated heterocycles. The van der Waals surface area contributed by atoms with E-state index in [1.165, 1.54) is 13.2 Å². The quantitative estimate of drug-likeness (QED) is 0.572. The zero-order valence-corrected chi connectivity index (χ0v) is 13.1. The van der Waals surface area contributed by atoms with Gasteiger partial charge in [0, 0.05) is 0 Å². The molecule has 1 aromatic rings. The minimum atomic E-state index is -0.472. The van der Waals surface area contributed by atoms with Crippen LogP contribution in [0.1, 0.15) is 36.5 Å². The fourth-order valence-electron chi connectivity index (χ4n) is 1.76. The van der Waals surface area contributed by atoms with Gasteiger partial charge in [0.25, 0.3) is 0 Å². The van der Waals surface area contributed by atoms with Crippen LogP contribution in [0, 0.1) is 0 Å². The van der Waals surface area contributed by atoms with Crippen LogP contribution in [0.2, 0.25) is 5.02 Å². The Labute approximate surface area is 130 Å². The average Bonchev–Trinajstić information content (AvgIpc) is 2.48. The number of amides is 1. The summed E-state index contributed by atoms with van der Waals surface area (Å²) in [6, 6.07) is 4.61. The summed E-state index contributed by atoms with van der Waals surface area (Å²) in [5, 5.41) is 6.12. The molecule has 0 aromatic heterocycles. The number of hydrogen-bond donors (Lipinski definition) is 2. The third-order valence-electron chi connectivity index (χ3n) is 2.90. The van der Waals surface area contributed by atoms with Gasteiger partial charge in [0.1, 0.15) is 0 Å². The first-order chi connectivity index (χ1) is 10.1. The molecular weight excluding hydrogens is 292 g/mol. The summed E-state index contributed by atoms with van der Waals surface area (Å²) in [6.07, 6.45) is 3.33. The molecular formula is C15H21ClN2O3. The molecule has 0 aliphatic carbocycles. The van der Waals surface area contributed by atoms with Gasteiger partial charge in [0.05, 0.1) is 29.9 Å². The van der Waals surface area contributed by atoms with Crippen LogP contribution in [-0.4, -0.2) is 32.1 Å². The van der Waals surface area contributed by atoms with Gasteiger partial charge in [-0.3, -0.25) is 4.79 Å². The molecule has 21 heavy (non-hydrogen) atoms. The van der Waals surface area contributed by atoms with Crippen LogP contribution in [0.5, 0.6) is 0 Å². The number of carbonyl (C=O) groups is 2. The van der Waals surface area contributed by atoms with Crippen LogP contribution in [0.25, 0.3) is 0 Å². The Balaban J connectivity index is 2.53. The second-order valence-corrected chi connectivity index (χ2v) is 5.03. The van der Waals surface area contributed by atoms with E-state index in [9.17, 15) is 9.59 Å². The second-order valence-electron chi connectivity index (χ2n) is 4.62. The van der Waals surface area contributed by atoms with Crippen molar-refractivity contribution in [2.75, 3.05) is 25.5 Å². The molecule has 0 fully saturated rings. The van der Waals surface area contributed by atoms with Crippen molar-refractivity contribution in [3.05, 3.63) is 28.8 Å². The van der Waals surface area contributed by atoms with Crippen LogP contribution in [-0.2, 0) is 9.53 Å². The standard InChI is InChI=1S/C15H21ClN2O3/c1-3-4-5-8-17-10-14(19)18-13-9-11(15(20)21-2)6-7-12(13)16/h6-7,9,17H,3-5,8,10H2,1-2H3,(H,18,19). The van der Waals surface area contributed by atoms with E-state index in [1.807, 2.05) is 0 Å². The van der Waals surface area contributed by atoms with E-state index in [1.54, 1.807) is 12.1 Å². The Morgan fingerprint density at radius 3 is 2.71 bits per heavy atom. The van der Waals surface area contributed by atoms with Crippen molar-refractivity contribution in [3.8, 4) is 0 Å². The second kappa shape index (κ2) is 9.37. The lowest BCUT2D eigenvalue weighted by Crippen LogP contribution is -2.28. The molecule has 0 atom stereocenters. The fraction of sp³-hybridized carbons (Fsp3) is 0.467. The van der Waals surface area contributed by atoms with Gasteiger partial charge in [-0.05, 0) is 31.2 Å². The SMILES string of the molecule is CCCCCNCC(=O)Nc1cc(C(=O)OC)ccc1Cl. The van der Waals surface area contributed by atoms with Crippen LogP contribution in [0.4, 0.5) is 5.69 Å². The Hall–Kier alpha value is -1.59. The Bertz CT molecular complexity index is 492. The molecule has 1 rings (SSSR count). The minimum absolute atomic E-state index is 0.199. The molecule has 0 aliphatic rings. The van der Waals surface area contributed by atoms with Gasteiger partial charge in [-0.25, -0.2) is 4.79 Å². The van der Waals surface area contributed by atoms with E-state index in [-0.39, 0.29) is 12.5 Å². The Kier molecular flexibility index (Phi) is 7.79. The van der Waals surface area contributed by atoms with Crippen LogP contribution in [0.15, 0.2) is 18.2 Å². The predicted molar refractivity (Wildman–Crippen MR) is 83.8 cm³/mol. The molecule has 6 heteroatoms. The number of benzene rings is 1. The smallest absolute Gasteiger partial charge is 0.337 e. The van der Waals surface area contributed by atoms with Gasteiger partial charge in [0.2, 0.25) is 5.91 Å². The average molecular weight is 313 g/mol. The molecule has 1 aromatic carbocycles. The molecule has 0 spiro atoms. The number of halogens is 1. The van der Waals surface area contributed by atoms with Gasteiger partial charge in [-0.2, -0.15) is 0 Å². The van der Waals surface area contributed by atoms with Crippen LogP contribution >= 0.6 is 11.6 Å². The first kappa shape index (κ1) is 17.5. The largest absolute Gasteiger partial charge is 0.465 e. The number of carbonyl (C=O) groups excluding carboxylic acids is 2. The van der Waals surface area contributed by atoms with Crippen molar-refractivity contribution >= 4 is 29.2 Å². The van der Waals surface area contributed by atoms with Gasteiger partial charge in [-0.15, -0.1) is 0 Å². The number of esters is 1. The topological polar surface area (TPSA) is 67.4 Å². The van der Waals surface area contributed by atoms with Crippen molar-refractivity contribution in [2.45, 2.75) is 26.2 Å². The van der Waals surface area contributed by atoms with E-state index in [4.69, 9.17) is 11.6 Å². The lowest BCUT2D eigenvalue weighted by Gasteiger charge is -2.09. The van der Waals surface area contributed by atoms with Crippen molar-refractivity contribution in [3.63, 3.8) is 0 Å². The highest BCUT2D eigenvalue weighted by Crippen LogP contribution is 2.23. The molecule has 2 N–H and O–H groups in total. The number of methoxy groups -OCH3 is 1. The number of unbranched alkanes of at least 4 members (excludes halogenated alkanes) is 2. The molecule has 0 heterocycles. The zero-order chi connectivity index (χ0) is 15.7. The van der Waals surface area contributed by atoms with Crippen LogP contribution in [0.3, 0.4) is 0 Å². The summed E-state index contributed by atoms with van der Waals surface area (Å²) in [7, 11) is 1.30. The predicted octanol–water partition coefficient (Wildman–Crippen LogP) is 2.84. The number of rotatable bonds is 8. The van der Waals surface area contributed by atoms with Crippen molar-refractivity contribution in [2.24, 2.45) is 0 Å². The van der Waals surface area contributed by atoms with Crippen molar-refractivity contribution < 1.29 is 14.3 Å². The van der Waals surface area contributed by atoms with Gasteiger partial charge in [-0.1, -0.05) is 31.4 Å². The molecule has 0 aliphatic heterocycles. The molecule has 0 bridgehead atoms. The van der Waals surface area contributed by atoms with Crippen LogP contribution < -0.4 is 10.6 Å². The maximum Gasteiger partial charge on any atom is 0.337 e. The van der Waals surface area contributed by atoms with Crippen molar-refractivity contribution in [1.29, 1.82) is 0 Å². The summed E-state index contributed by atoms with van der Waals surface area (Å²) in [6.45, 7) is 3.14. The monoisotopic (exact) mass is 312 g/mol. The maximum atomic E-state index is 11.8. The third-order valence-corrected chi connectivity index (χ3v) is 3.23. The first-order valence-electron chi connectivity index (χ1n) is 6.97. The molecule has 116 valence electrons. The van der Waals surface area contributed by atoms with Gasteiger partial charge < -0.3 is 15.4 Å². The van der Waals surface area contributed by atoms with Crippen molar-refractivity contribution in [1.82, 2.24) is 5.32 Å². The minimum Gasteiger partial charge on any atom is -0.465 e. The summed E-state index contributed by atoms with van der Waals surface area (Å²) in [5.74, 6) is -0.671. The number of anilines is 1. The number of nitrogens with one attached hydrogen (secondary N) is 2. The summed E-state index contributed by atoms with van der Waals surface area (Å²) in [5.41, 5.74) is 0.744. The van der Waals surface area contributed by atoms with E-state index in [0.29, 0.717) is 16.3 Å². The summed E-state index contributed by atoms with van der Waals surface area (Å²) < 4.78 is 4.63. The van der Waals surface area contributed by atoms with E-state index < -0.39 is 5.97 Å². The lowest BCUT2D eigenvalue weighted by molar-refractivity contribution is -0.115. The number of hydrogen-bond acceptors (Lipinski definition) is 4. The molecule has 0 unspecified atom stereocenters. The summed E-state index contributed by atoms with van der Waals surface area (Å²) >= 11 is 6.00. The van der Waals surface area contributed by atoms with Gasteiger partial charge in [0.15, 0.2) is 0 Å². The van der Waals surface area contributed by atoms with E-state index in [2.05, 4.69) is 22.3 Å². The molecule has 5 nitrogen and oxygen atoms in total. The Morgan fingerprint density at radius 2 is 2.05 bits per heavy atom. The fourth-order valence-corrected chi connectivity index (χ4v) is 1.93. The molecule has 0 saturated carbocycles. The normalized spacial score (nSPS) is 10.2. The third kappa shape index (κ3) is 6.14.